The maximum Gasteiger partial charge on any atom is 0.275 e. The van der Waals surface area contributed by atoms with Crippen molar-refractivity contribution < 1.29 is 4.79 Å². The molecule has 0 saturated carbocycles. The summed E-state index contributed by atoms with van der Waals surface area (Å²) in [6.07, 6.45) is 1.57. The van der Waals surface area contributed by atoms with E-state index in [0.29, 0.717) is 11.5 Å². The number of nitrogens with zero attached hydrogens (tertiary/aromatic N) is 2. The van der Waals surface area contributed by atoms with Crippen LogP contribution in [0.15, 0.2) is 30.5 Å². The molecule has 0 bridgehead atoms. The van der Waals surface area contributed by atoms with Gasteiger partial charge < -0.3 is 5.32 Å². The molecule has 0 spiro atoms. The predicted octanol–water partition coefficient (Wildman–Crippen LogP) is 1.37. The number of aromatic nitrogens is 3. The number of pyridine rings is 1. The molecule has 0 saturated heterocycles. The van der Waals surface area contributed by atoms with E-state index in [0.717, 1.165) is 5.69 Å². The van der Waals surface area contributed by atoms with Gasteiger partial charge in [0.05, 0.1) is 6.20 Å². The average molecular weight is 202 g/mol. The fourth-order valence-electron chi connectivity index (χ4n) is 1.18. The summed E-state index contributed by atoms with van der Waals surface area (Å²) in [6, 6.07) is 6.98. The molecular formula is C10H10N4O. The van der Waals surface area contributed by atoms with Gasteiger partial charge in [-0.15, -0.1) is 0 Å². The summed E-state index contributed by atoms with van der Waals surface area (Å²) in [5, 5.41) is 9.01. The number of carbonyl (C=O) groups is 1. The van der Waals surface area contributed by atoms with E-state index in [1.54, 1.807) is 24.4 Å². The van der Waals surface area contributed by atoms with Crippen molar-refractivity contribution in [1.29, 1.82) is 0 Å². The van der Waals surface area contributed by atoms with Crippen molar-refractivity contribution in [3.05, 3.63) is 41.9 Å². The van der Waals surface area contributed by atoms with E-state index in [-0.39, 0.29) is 5.91 Å². The predicted molar refractivity (Wildman–Crippen MR) is 55.5 cm³/mol. The fraction of sp³-hybridized carbons (Fsp3) is 0.100. The number of anilines is 1. The Morgan fingerprint density at radius 2 is 2.27 bits per heavy atom. The second kappa shape index (κ2) is 3.91. The van der Waals surface area contributed by atoms with Crippen molar-refractivity contribution in [2.45, 2.75) is 6.92 Å². The molecule has 2 aromatic heterocycles. The molecule has 0 aliphatic carbocycles. The summed E-state index contributed by atoms with van der Waals surface area (Å²) in [6.45, 7) is 1.84. The molecule has 5 nitrogen and oxygen atoms in total. The van der Waals surface area contributed by atoms with Crippen LogP contribution in [0, 0.1) is 6.92 Å². The van der Waals surface area contributed by atoms with Crippen molar-refractivity contribution in [2.24, 2.45) is 0 Å². The van der Waals surface area contributed by atoms with Gasteiger partial charge in [-0.3, -0.25) is 9.89 Å². The normalized spacial score (nSPS) is 9.93. The lowest BCUT2D eigenvalue weighted by molar-refractivity contribution is 0.102. The van der Waals surface area contributed by atoms with E-state index in [4.69, 9.17) is 0 Å². The highest BCUT2D eigenvalue weighted by Crippen LogP contribution is 2.03. The Hall–Kier alpha value is -2.17. The zero-order valence-corrected chi connectivity index (χ0v) is 8.19. The van der Waals surface area contributed by atoms with Crippen LogP contribution in [0.1, 0.15) is 16.2 Å². The standard InChI is InChI=1S/C10H10N4O/c1-7-3-2-4-8(12-7)10(15)13-9-5-6-11-14-9/h2-6H,1H3,(H2,11,13,14,15). The van der Waals surface area contributed by atoms with Gasteiger partial charge in [0.2, 0.25) is 0 Å². The first-order valence-corrected chi connectivity index (χ1v) is 4.50. The van der Waals surface area contributed by atoms with Gasteiger partial charge in [-0.05, 0) is 19.1 Å². The van der Waals surface area contributed by atoms with Gasteiger partial charge >= 0.3 is 0 Å². The molecule has 0 aliphatic heterocycles. The summed E-state index contributed by atoms with van der Waals surface area (Å²) < 4.78 is 0. The quantitative estimate of drug-likeness (QED) is 0.772. The number of aryl methyl sites for hydroxylation is 1. The highest BCUT2D eigenvalue weighted by molar-refractivity contribution is 6.02. The molecule has 0 aliphatic rings. The Kier molecular flexibility index (Phi) is 2.45. The summed E-state index contributed by atoms with van der Waals surface area (Å²) >= 11 is 0. The minimum absolute atomic E-state index is 0.247. The number of aromatic amines is 1. The smallest absolute Gasteiger partial charge is 0.275 e. The molecule has 15 heavy (non-hydrogen) atoms. The SMILES string of the molecule is Cc1cccc(C(=O)Nc2ccn[nH]2)n1. The van der Waals surface area contributed by atoms with E-state index < -0.39 is 0 Å². The number of carbonyl (C=O) groups excluding carboxylic acids is 1. The minimum atomic E-state index is -0.247. The molecule has 0 aromatic carbocycles. The number of H-pyrrole nitrogens is 1. The Morgan fingerprint density at radius 3 is 2.93 bits per heavy atom. The van der Waals surface area contributed by atoms with E-state index in [1.807, 2.05) is 13.0 Å². The first-order valence-electron chi connectivity index (χ1n) is 4.50. The van der Waals surface area contributed by atoms with Gasteiger partial charge in [0, 0.05) is 11.8 Å². The summed E-state index contributed by atoms with van der Waals surface area (Å²) in [5.41, 5.74) is 1.21. The summed E-state index contributed by atoms with van der Waals surface area (Å²) in [5.74, 6) is 0.311. The maximum atomic E-state index is 11.6. The molecule has 1 amide bonds. The van der Waals surface area contributed by atoms with Crippen LogP contribution in [0.4, 0.5) is 5.82 Å². The molecule has 0 unspecified atom stereocenters. The van der Waals surface area contributed by atoms with Crippen molar-refractivity contribution in [3.8, 4) is 0 Å². The van der Waals surface area contributed by atoms with Crippen molar-refractivity contribution in [3.63, 3.8) is 0 Å². The van der Waals surface area contributed by atoms with Crippen molar-refractivity contribution >= 4 is 11.7 Å². The number of hydrogen-bond acceptors (Lipinski definition) is 3. The van der Waals surface area contributed by atoms with Crippen LogP contribution in [-0.4, -0.2) is 21.1 Å². The Balaban J connectivity index is 2.15. The number of rotatable bonds is 2. The van der Waals surface area contributed by atoms with Crippen molar-refractivity contribution in [1.82, 2.24) is 15.2 Å². The van der Waals surface area contributed by atoms with Crippen LogP contribution < -0.4 is 5.32 Å². The summed E-state index contributed by atoms with van der Waals surface area (Å²) in [7, 11) is 0. The fourth-order valence-corrected chi connectivity index (χ4v) is 1.18. The topological polar surface area (TPSA) is 70.7 Å². The largest absolute Gasteiger partial charge is 0.306 e. The monoisotopic (exact) mass is 202 g/mol. The van der Waals surface area contributed by atoms with Gasteiger partial charge in [-0.1, -0.05) is 6.07 Å². The van der Waals surface area contributed by atoms with E-state index in [9.17, 15) is 4.79 Å². The molecule has 5 heteroatoms. The molecule has 2 N–H and O–H groups in total. The number of hydrogen-bond donors (Lipinski definition) is 2. The lowest BCUT2D eigenvalue weighted by atomic mass is 10.3. The van der Waals surface area contributed by atoms with Crippen molar-refractivity contribution in [2.75, 3.05) is 5.32 Å². The second-order valence-electron chi connectivity index (χ2n) is 3.09. The van der Waals surface area contributed by atoms with Gasteiger partial charge in [-0.2, -0.15) is 5.10 Å². The zero-order valence-electron chi connectivity index (χ0n) is 8.19. The van der Waals surface area contributed by atoms with E-state index in [1.165, 1.54) is 0 Å². The minimum Gasteiger partial charge on any atom is -0.306 e. The molecule has 2 rings (SSSR count). The van der Waals surface area contributed by atoms with Gasteiger partial charge in [0.25, 0.3) is 5.91 Å². The first-order chi connectivity index (χ1) is 7.25. The Morgan fingerprint density at radius 1 is 1.40 bits per heavy atom. The lowest BCUT2D eigenvalue weighted by Gasteiger charge is -2.01. The van der Waals surface area contributed by atoms with E-state index >= 15 is 0 Å². The van der Waals surface area contributed by atoms with Gasteiger partial charge in [-0.25, -0.2) is 4.98 Å². The highest BCUT2D eigenvalue weighted by atomic mass is 16.1. The van der Waals surface area contributed by atoms with Crippen LogP contribution >= 0.6 is 0 Å². The molecule has 0 fully saturated rings. The molecule has 0 atom stereocenters. The Bertz CT molecular complexity index is 464. The molecule has 2 heterocycles. The molecule has 76 valence electrons. The zero-order chi connectivity index (χ0) is 10.7. The van der Waals surface area contributed by atoms with Crippen LogP contribution in [-0.2, 0) is 0 Å². The average Bonchev–Trinajstić information content (AvgIpc) is 2.70. The molecular weight excluding hydrogens is 192 g/mol. The number of amides is 1. The maximum absolute atomic E-state index is 11.6. The van der Waals surface area contributed by atoms with Crippen LogP contribution in [0.5, 0.6) is 0 Å². The lowest BCUT2D eigenvalue weighted by Crippen LogP contribution is -2.14. The summed E-state index contributed by atoms with van der Waals surface area (Å²) in [4.78, 5) is 15.8. The molecule has 2 aromatic rings. The third-order valence-corrected chi connectivity index (χ3v) is 1.87. The highest BCUT2D eigenvalue weighted by Gasteiger charge is 2.07. The van der Waals surface area contributed by atoms with Gasteiger partial charge in [0.1, 0.15) is 11.5 Å². The van der Waals surface area contributed by atoms with Gasteiger partial charge in [0.15, 0.2) is 0 Å². The Labute approximate surface area is 86.5 Å². The second-order valence-corrected chi connectivity index (χ2v) is 3.09. The molecule has 0 radical (unpaired) electrons. The van der Waals surface area contributed by atoms with Crippen LogP contribution in [0.3, 0.4) is 0 Å². The third-order valence-electron chi connectivity index (χ3n) is 1.87. The van der Waals surface area contributed by atoms with Crippen LogP contribution in [0.2, 0.25) is 0 Å². The third kappa shape index (κ3) is 2.19. The number of nitrogens with one attached hydrogen (secondary N) is 2. The van der Waals surface area contributed by atoms with Crippen LogP contribution in [0.25, 0.3) is 0 Å². The first kappa shape index (κ1) is 9.39. The van der Waals surface area contributed by atoms with E-state index in [2.05, 4.69) is 20.5 Å².